The molecule has 1 amide bonds. The lowest BCUT2D eigenvalue weighted by Crippen LogP contribution is -2.16. The molecule has 0 unspecified atom stereocenters. The average Bonchev–Trinajstić information content (AvgIpc) is 3.11. The molecule has 10 heteroatoms. The van der Waals surface area contributed by atoms with Gasteiger partial charge in [0.25, 0.3) is 5.91 Å². The minimum atomic E-state index is -0.623. The first-order chi connectivity index (χ1) is 16.3. The smallest absolute Gasteiger partial charge is 0.311 e. The van der Waals surface area contributed by atoms with Crippen LogP contribution in [0.25, 0.3) is 11.0 Å². The Kier molecular flexibility index (Phi) is 6.60. The number of carbonyl (C=O) groups is 2. The molecule has 2 aromatic carbocycles. The second kappa shape index (κ2) is 9.75. The molecule has 0 bridgehead atoms. The lowest BCUT2D eigenvalue weighted by molar-refractivity contribution is -0.134. The van der Waals surface area contributed by atoms with E-state index in [1.165, 1.54) is 12.1 Å². The van der Waals surface area contributed by atoms with E-state index in [2.05, 4.69) is 10.3 Å². The van der Waals surface area contributed by atoms with E-state index in [4.69, 9.17) is 9.15 Å². The van der Waals surface area contributed by atoms with Crippen LogP contribution < -0.4 is 20.4 Å². The number of rotatable bonds is 7. The molecule has 0 radical (unpaired) electrons. The molecule has 0 aliphatic rings. The van der Waals surface area contributed by atoms with Gasteiger partial charge in [-0.2, -0.15) is 0 Å². The normalized spacial score (nSPS) is 10.9. The standard InChI is InChI=1S/C24H20N2O7S/c1-2-4-20(28)33-17-6-3-5-16-21(17)15(27)12-18(32-16)22(29)25-14-9-7-13(8-10-14)11-19-23(30)26-24(31)34-19/h3,5-10,12,30H,2,4,11H2,1H3,(H,25,29)(H,26,31). The van der Waals surface area contributed by atoms with Gasteiger partial charge in [-0.05, 0) is 36.2 Å². The number of aromatic amines is 1. The Bertz CT molecular complexity index is 1480. The molecule has 0 aliphatic heterocycles. The molecule has 0 spiro atoms. The van der Waals surface area contributed by atoms with Crippen molar-refractivity contribution in [2.24, 2.45) is 0 Å². The van der Waals surface area contributed by atoms with Crippen LogP contribution in [0.5, 0.6) is 11.6 Å². The van der Waals surface area contributed by atoms with Crippen molar-refractivity contribution in [3.8, 4) is 11.6 Å². The fourth-order valence-electron chi connectivity index (χ4n) is 3.31. The number of ether oxygens (including phenoxy) is 1. The Balaban J connectivity index is 1.51. The first-order valence-corrected chi connectivity index (χ1v) is 11.2. The van der Waals surface area contributed by atoms with Crippen LogP contribution in [0.3, 0.4) is 0 Å². The number of thiazole rings is 1. The van der Waals surface area contributed by atoms with E-state index in [1.54, 1.807) is 30.3 Å². The molecule has 0 saturated heterocycles. The summed E-state index contributed by atoms with van der Waals surface area (Å²) in [5, 5.41) is 12.5. The predicted molar refractivity (Wildman–Crippen MR) is 127 cm³/mol. The van der Waals surface area contributed by atoms with Gasteiger partial charge in [-0.25, -0.2) is 0 Å². The summed E-state index contributed by atoms with van der Waals surface area (Å²) < 4.78 is 10.9. The van der Waals surface area contributed by atoms with Gasteiger partial charge in [0.15, 0.2) is 11.2 Å². The Morgan fingerprint density at radius 1 is 1.15 bits per heavy atom. The van der Waals surface area contributed by atoms with E-state index >= 15 is 0 Å². The number of anilines is 1. The molecule has 0 aliphatic carbocycles. The average molecular weight is 480 g/mol. The third kappa shape index (κ3) is 5.07. The van der Waals surface area contributed by atoms with Gasteiger partial charge >= 0.3 is 10.8 Å². The van der Waals surface area contributed by atoms with Crippen LogP contribution >= 0.6 is 11.3 Å². The first-order valence-electron chi connectivity index (χ1n) is 10.4. The van der Waals surface area contributed by atoms with Gasteiger partial charge in [0, 0.05) is 24.6 Å². The Morgan fingerprint density at radius 3 is 2.59 bits per heavy atom. The summed E-state index contributed by atoms with van der Waals surface area (Å²) in [6, 6.07) is 12.4. The van der Waals surface area contributed by atoms with Gasteiger partial charge in [0.05, 0.1) is 4.88 Å². The van der Waals surface area contributed by atoms with Gasteiger partial charge in [0.2, 0.25) is 5.88 Å². The van der Waals surface area contributed by atoms with Gasteiger partial charge in [-0.1, -0.05) is 36.5 Å². The van der Waals surface area contributed by atoms with Crippen molar-refractivity contribution < 1.29 is 23.8 Å². The highest BCUT2D eigenvalue weighted by molar-refractivity contribution is 7.09. The Labute approximate surface area is 196 Å². The Hall–Kier alpha value is -4.18. The van der Waals surface area contributed by atoms with Crippen LogP contribution in [0.1, 0.15) is 40.8 Å². The SMILES string of the molecule is CCCC(=O)Oc1cccc2oc(C(=O)Nc3ccc(Cc4sc(=O)[nH]c4O)cc3)cc(=O)c12. The molecule has 2 aromatic heterocycles. The monoisotopic (exact) mass is 480 g/mol. The molecule has 0 saturated carbocycles. The molecule has 34 heavy (non-hydrogen) atoms. The lowest BCUT2D eigenvalue weighted by atomic mass is 10.1. The summed E-state index contributed by atoms with van der Waals surface area (Å²) in [4.78, 5) is 51.0. The number of hydrogen-bond donors (Lipinski definition) is 3. The molecule has 4 rings (SSSR count). The molecule has 0 fully saturated rings. The fourth-order valence-corrected chi connectivity index (χ4v) is 4.07. The van der Waals surface area contributed by atoms with Gasteiger partial charge < -0.3 is 19.6 Å². The topological polar surface area (TPSA) is 139 Å². The maximum absolute atomic E-state index is 12.7. The zero-order valence-electron chi connectivity index (χ0n) is 18.0. The molecule has 174 valence electrons. The second-order valence-corrected chi connectivity index (χ2v) is 8.51. The van der Waals surface area contributed by atoms with Crippen molar-refractivity contribution in [3.63, 3.8) is 0 Å². The number of aromatic nitrogens is 1. The molecule has 0 atom stereocenters. The summed E-state index contributed by atoms with van der Waals surface area (Å²) in [6.45, 7) is 1.84. The molecule has 4 aromatic rings. The molecular formula is C24H20N2O7S. The zero-order chi connectivity index (χ0) is 24.2. The minimum Gasteiger partial charge on any atom is -0.494 e. The predicted octanol–water partition coefficient (Wildman–Crippen LogP) is 3.80. The highest BCUT2D eigenvalue weighted by atomic mass is 32.1. The third-order valence-electron chi connectivity index (χ3n) is 4.90. The highest BCUT2D eigenvalue weighted by Gasteiger charge is 2.17. The van der Waals surface area contributed by atoms with E-state index in [1.807, 2.05) is 6.92 Å². The second-order valence-electron chi connectivity index (χ2n) is 7.44. The van der Waals surface area contributed by atoms with Gasteiger partial charge in [-0.15, -0.1) is 0 Å². The number of amides is 1. The van der Waals surface area contributed by atoms with Gasteiger partial charge in [-0.3, -0.25) is 24.2 Å². The Morgan fingerprint density at radius 2 is 1.91 bits per heavy atom. The lowest BCUT2D eigenvalue weighted by Gasteiger charge is -2.09. The molecular weight excluding hydrogens is 460 g/mol. The van der Waals surface area contributed by atoms with Crippen LogP contribution in [0, 0.1) is 0 Å². The molecule has 3 N–H and O–H groups in total. The van der Waals surface area contributed by atoms with E-state index in [0.29, 0.717) is 23.4 Å². The molecule has 9 nitrogen and oxygen atoms in total. The summed E-state index contributed by atoms with van der Waals surface area (Å²) in [5.41, 5.74) is 0.906. The minimum absolute atomic E-state index is 0.0863. The van der Waals surface area contributed by atoms with Crippen LogP contribution in [0.4, 0.5) is 5.69 Å². The summed E-state index contributed by atoms with van der Waals surface area (Å²) in [6.07, 6.45) is 1.18. The number of hydrogen-bond acceptors (Lipinski definition) is 8. The van der Waals surface area contributed by atoms with E-state index in [-0.39, 0.29) is 39.7 Å². The zero-order valence-corrected chi connectivity index (χ0v) is 18.9. The fraction of sp³-hybridized carbons (Fsp3) is 0.167. The van der Waals surface area contributed by atoms with Gasteiger partial charge in [0.1, 0.15) is 16.7 Å². The van der Waals surface area contributed by atoms with Crippen LogP contribution in [0.15, 0.2) is 62.5 Å². The molecule has 2 heterocycles. The van der Waals surface area contributed by atoms with E-state index in [0.717, 1.165) is 23.0 Å². The number of fused-ring (bicyclic) bond motifs is 1. The maximum atomic E-state index is 12.7. The van der Waals surface area contributed by atoms with Crippen molar-refractivity contribution in [2.45, 2.75) is 26.2 Å². The summed E-state index contributed by atoms with van der Waals surface area (Å²) >= 11 is 0.929. The van der Waals surface area contributed by atoms with Crippen molar-refractivity contribution >= 4 is 39.9 Å². The van der Waals surface area contributed by atoms with Crippen LogP contribution in [0.2, 0.25) is 0 Å². The quantitative estimate of drug-likeness (QED) is 0.270. The number of nitrogens with one attached hydrogen (secondary N) is 2. The van der Waals surface area contributed by atoms with Crippen LogP contribution in [-0.4, -0.2) is 22.0 Å². The summed E-state index contributed by atoms with van der Waals surface area (Å²) in [7, 11) is 0. The van der Waals surface area contributed by atoms with E-state index in [9.17, 15) is 24.3 Å². The van der Waals surface area contributed by atoms with Crippen molar-refractivity contribution in [2.75, 3.05) is 5.32 Å². The van der Waals surface area contributed by atoms with Crippen molar-refractivity contribution in [3.05, 3.63) is 84.6 Å². The van der Waals surface area contributed by atoms with E-state index < -0.39 is 17.3 Å². The number of H-pyrrole nitrogens is 1. The number of carbonyl (C=O) groups excluding carboxylic acids is 2. The third-order valence-corrected chi connectivity index (χ3v) is 5.77. The van der Waals surface area contributed by atoms with Crippen LogP contribution in [-0.2, 0) is 11.2 Å². The number of benzene rings is 2. The first kappa shape index (κ1) is 23.0. The van der Waals surface area contributed by atoms with Crippen molar-refractivity contribution in [1.82, 2.24) is 4.98 Å². The number of esters is 1. The maximum Gasteiger partial charge on any atom is 0.311 e. The number of aromatic hydroxyl groups is 1. The summed E-state index contributed by atoms with van der Waals surface area (Å²) in [5.74, 6) is -1.34. The largest absolute Gasteiger partial charge is 0.494 e. The highest BCUT2D eigenvalue weighted by Crippen LogP contribution is 2.25. The van der Waals surface area contributed by atoms with Crippen molar-refractivity contribution in [1.29, 1.82) is 0 Å².